The van der Waals surface area contributed by atoms with E-state index < -0.39 is 36.2 Å². The van der Waals surface area contributed by atoms with Crippen LogP contribution in [0.5, 0.6) is 0 Å². The number of carbonyl (C=O) groups excluding carboxylic acids is 1. The minimum atomic E-state index is -1.95. The van der Waals surface area contributed by atoms with Crippen LogP contribution in [0.3, 0.4) is 0 Å². The summed E-state index contributed by atoms with van der Waals surface area (Å²) in [6.07, 6.45) is -3.47. The molecule has 0 bridgehead atoms. The second-order valence-electron chi connectivity index (χ2n) is 3.47. The van der Waals surface area contributed by atoms with E-state index in [1.54, 1.807) is 0 Å². The van der Waals surface area contributed by atoms with Gasteiger partial charge in [-0.3, -0.25) is 9.69 Å². The SMILES string of the molecule is CC(=O)N[C@@H]1CN(C(=O)O)[C@H](C(=O)O)[C@H]1F. The Morgan fingerprint density at radius 2 is 1.94 bits per heavy atom. The highest BCUT2D eigenvalue weighted by Gasteiger charge is 2.49. The summed E-state index contributed by atoms with van der Waals surface area (Å²) in [6, 6.07) is -2.89. The van der Waals surface area contributed by atoms with Gasteiger partial charge >= 0.3 is 12.1 Å². The van der Waals surface area contributed by atoms with E-state index in [1.807, 2.05) is 0 Å². The van der Waals surface area contributed by atoms with Crippen LogP contribution in [-0.4, -0.2) is 57.9 Å². The molecular weight excluding hydrogens is 223 g/mol. The van der Waals surface area contributed by atoms with Crippen molar-refractivity contribution in [2.45, 2.75) is 25.2 Å². The van der Waals surface area contributed by atoms with Crippen molar-refractivity contribution in [2.24, 2.45) is 0 Å². The molecule has 2 amide bonds. The molecule has 1 rings (SSSR count). The second-order valence-corrected chi connectivity index (χ2v) is 3.47. The molecule has 8 heteroatoms. The van der Waals surface area contributed by atoms with E-state index in [2.05, 4.69) is 5.32 Å². The molecule has 0 aliphatic carbocycles. The first-order valence-corrected chi connectivity index (χ1v) is 4.48. The number of hydrogen-bond donors (Lipinski definition) is 3. The lowest BCUT2D eigenvalue weighted by molar-refractivity contribution is -0.143. The maximum absolute atomic E-state index is 13.6. The standard InChI is InChI=1S/C8H11FN2O5/c1-3(12)10-4-2-11(8(15)16)6(5(4)9)7(13)14/h4-6H,2H2,1H3,(H,10,12)(H,13,14)(H,15,16)/t4-,5+,6+/m1/s1. The Morgan fingerprint density at radius 3 is 2.25 bits per heavy atom. The first-order valence-electron chi connectivity index (χ1n) is 4.48. The first-order chi connectivity index (χ1) is 7.34. The Hall–Kier alpha value is -1.86. The van der Waals surface area contributed by atoms with Gasteiger partial charge in [0.25, 0.3) is 0 Å². The summed E-state index contributed by atoms with van der Waals surface area (Å²) in [5.41, 5.74) is 0. The zero-order chi connectivity index (χ0) is 12.5. The fourth-order valence-electron chi connectivity index (χ4n) is 1.67. The quantitative estimate of drug-likeness (QED) is 0.584. The zero-order valence-electron chi connectivity index (χ0n) is 8.38. The molecule has 16 heavy (non-hydrogen) atoms. The number of carboxylic acids is 1. The number of carboxylic acid groups (broad SMARTS) is 2. The van der Waals surface area contributed by atoms with Crippen molar-refractivity contribution in [1.82, 2.24) is 10.2 Å². The van der Waals surface area contributed by atoms with Gasteiger partial charge < -0.3 is 15.5 Å². The molecular formula is C8H11FN2O5. The molecule has 0 radical (unpaired) electrons. The molecule has 0 unspecified atom stereocenters. The molecule has 1 aliphatic rings. The lowest BCUT2D eigenvalue weighted by atomic mass is 10.1. The van der Waals surface area contributed by atoms with Crippen molar-refractivity contribution in [1.29, 1.82) is 0 Å². The predicted molar refractivity (Wildman–Crippen MR) is 48.7 cm³/mol. The van der Waals surface area contributed by atoms with Crippen molar-refractivity contribution in [2.75, 3.05) is 6.54 Å². The van der Waals surface area contributed by atoms with Gasteiger partial charge in [-0.05, 0) is 0 Å². The number of nitrogens with one attached hydrogen (secondary N) is 1. The summed E-state index contributed by atoms with van der Waals surface area (Å²) in [7, 11) is 0. The normalized spacial score (nSPS) is 28.9. The Kier molecular flexibility index (Phi) is 3.31. The second kappa shape index (κ2) is 4.33. The van der Waals surface area contributed by atoms with Gasteiger partial charge in [-0.1, -0.05) is 0 Å². The largest absolute Gasteiger partial charge is 0.480 e. The molecule has 0 aromatic heterocycles. The van der Waals surface area contributed by atoms with Gasteiger partial charge in [0.1, 0.15) is 0 Å². The van der Waals surface area contributed by atoms with Crippen LogP contribution < -0.4 is 5.32 Å². The van der Waals surface area contributed by atoms with E-state index in [4.69, 9.17) is 10.2 Å². The van der Waals surface area contributed by atoms with Crippen LogP contribution in [0, 0.1) is 0 Å². The number of carbonyl (C=O) groups is 3. The lowest BCUT2D eigenvalue weighted by Gasteiger charge is -2.17. The van der Waals surface area contributed by atoms with Gasteiger partial charge in [-0.2, -0.15) is 0 Å². The van der Waals surface area contributed by atoms with E-state index >= 15 is 0 Å². The fourth-order valence-corrected chi connectivity index (χ4v) is 1.67. The molecule has 90 valence electrons. The minimum Gasteiger partial charge on any atom is -0.480 e. The fraction of sp³-hybridized carbons (Fsp3) is 0.625. The van der Waals surface area contributed by atoms with E-state index in [0.29, 0.717) is 4.90 Å². The Labute approximate surface area is 89.8 Å². The summed E-state index contributed by atoms with van der Waals surface area (Å²) < 4.78 is 13.6. The Balaban J connectivity index is 2.86. The van der Waals surface area contributed by atoms with E-state index in [-0.39, 0.29) is 6.54 Å². The van der Waals surface area contributed by atoms with Crippen LogP contribution in [0.4, 0.5) is 9.18 Å². The van der Waals surface area contributed by atoms with Gasteiger partial charge in [0.15, 0.2) is 12.2 Å². The molecule has 0 aromatic carbocycles. The number of amides is 2. The molecule has 0 spiro atoms. The number of halogens is 1. The summed E-state index contributed by atoms with van der Waals surface area (Å²) in [5.74, 6) is -2.10. The van der Waals surface area contributed by atoms with Crippen molar-refractivity contribution in [3.05, 3.63) is 0 Å². The van der Waals surface area contributed by atoms with Crippen LogP contribution in [0.1, 0.15) is 6.92 Å². The van der Waals surface area contributed by atoms with Gasteiger partial charge in [-0.15, -0.1) is 0 Å². The molecule has 1 heterocycles. The summed E-state index contributed by atoms with van der Waals surface area (Å²) >= 11 is 0. The van der Waals surface area contributed by atoms with Crippen LogP contribution in [0.25, 0.3) is 0 Å². The molecule has 1 aliphatic heterocycles. The van der Waals surface area contributed by atoms with Crippen molar-refractivity contribution in [3.63, 3.8) is 0 Å². The average Bonchev–Trinajstić information content (AvgIpc) is 2.43. The maximum Gasteiger partial charge on any atom is 0.408 e. The number of rotatable bonds is 2. The van der Waals surface area contributed by atoms with Crippen LogP contribution in [-0.2, 0) is 9.59 Å². The third-order valence-electron chi connectivity index (χ3n) is 2.30. The monoisotopic (exact) mass is 234 g/mol. The number of nitrogens with zero attached hydrogens (tertiary/aromatic N) is 1. The lowest BCUT2D eigenvalue weighted by Crippen LogP contribution is -2.44. The highest BCUT2D eigenvalue weighted by Crippen LogP contribution is 2.22. The third-order valence-corrected chi connectivity index (χ3v) is 2.30. The van der Waals surface area contributed by atoms with Gasteiger partial charge in [0.05, 0.1) is 6.04 Å². The smallest absolute Gasteiger partial charge is 0.408 e. The third kappa shape index (κ3) is 2.20. The van der Waals surface area contributed by atoms with Crippen molar-refractivity contribution >= 4 is 18.0 Å². The number of hydrogen-bond acceptors (Lipinski definition) is 3. The number of aliphatic carboxylic acids is 1. The van der Waals surface area contributed by atoms with Crippen molar-refractivity contribution < 1.29 is 29.0 Å². The van der Waals surface area contributed by atoms with Gasteiger partial charge in [0.2, 0.25) is 5.91 Å². The predicted octanol–water partition coefficient (Wildman–Crippen LogP) is -0.724. The molecule has 1 fully saturated rings. The molecule has 3 atom stereocenters. The van der Waals surface area contributed by atoms with Crippen LogP contribution >= 0.6 is 0 Å². The topological polar surface area (TPSA) is 107 Å². The Morgan fingerprint density at radius 1 is 1.38 bits per heavy atom. The molecule has 1 saturated heterocycles. The van der Waals surface area contributed by atoms with Gasteiger partial charge in [0, 0.05) is 13.5 Å². The van der Waals surface area contributed by atoms with E-state index in [1.165, 1.54) is 0 Å². The Bertz CT molecular complexity index is 334. The highest BCUT2D eigenvalue weighted by atomic mass is 19.1. The first kappa shape index (κ1) is 12.2. The summed E-state index contributed by atoms with van der Waals surface area (Å²) in [6.45, 7) is 0.777. The van der Waals surface area contributed by atoms with Crippen molar-refractivity contribution in [3.8, 4) is 0 Å². The maximum atomic E-state index is 13.6. The molecule has 0 saturated carbocycles. The minimum absolute atomic E-state index is 0.368. The average molecular weight is 234 g/mol. The van der Waals surface area contributed by atoms with Crippen LogP contribution in [0.15, 0.2) is 0 Å². The summed E-state index contributed by atoms with van der Waals surface area (Å²) in [5, 5.41) is 19.6. The van der Waals surface area contributed by atoms with Crippen LogP contribution in [0.2, 0.25) is 0 Å². The van der Waals surface area contributed by atoms with E-state index in [9.17, 15) is 18.8 Å². The molecule has 0 aromatic rings. The zero-order valence-corrected chi connectivity index (χ0v) is 8.38. The summed E-state index contributed by atoms with van der Waals surface area (Å²) in [4.78, 5) is 32.6. The van der Waals surface area contributed by atoms with E-state index in [0.717, 1.165) is 6.92 Å². The molecule has 3 N–H and O–H groups in total. The highest BCUT2D eigenvalue weighted by molar-refractivity contribution is 5.82. The van der Waals surface area contributed by atoms with Gasteiger partial charge in [-0.25, -0.2) is 14.0 Å². The molecule has 7 nitrogen and oxygen atoms in total. The number of likely N-dealkylation sites (tertiary alicyclic amines) is 1. The number of alkyl halides is 1.